The molecular weight excluding hydrogens is 220 g/mol. The van der Waals surface area contributed by atoms with Crippen molar-refractivity contribution in [3.63, 3.8) is 0 Å². The lowest BCUT2D eigenvalue weighted by molar-refractivity contribution is 0.119. The second kappa shape index (κ2) is 8.16. The Balaban J connectivity index is 2.26. The summed E-state index contributed by atoms with van der Waals surface area (Å²) in [5.41, 5.74) is 5.71. The standard InChI is InChI=1S/C16H34N2/c1-13(2)16(9-10-17)6-5-11-18-12-14(3)7-8-15(18)4/h13-16H,5-12,17H2,1-4H3. The van der Waals surface area contributed by atoms with E-state index in [4.69, 9.17) is 5.73 Å². The number of likely N-dealkylation sites (tertiary alicyclic amines) is 1. The zero-order chi connectivity index (χ0) is 13.5. The third-order valence-corrected chi connectivity index (χ3v) is 4.75. The summed E-state index contributed by atoms with van der Waals surface area (Å²) in [7, 11) is 0. The van der Waals surface area contributed by atoms with Gasteiger partial charge in [0.15, 0.2) is 0 Å². The van der Waals surface area contributed by atoms with E-state index >= 15 is 0 Å². The van der Waals surface area contributed by atoms with Crippen molar-refractivity contribution in [2.24, 2.45) is 23.5 Å². The van der Waals surface area contributed by atoms with Gasteiger partial charge >= 0.3 is 0 Å². The predicted molar refractivity (Wildman–Crippen MR) is 80.7 cm³/mol. The van der Waals surface area contributed by atoms with Crippen LogP contribution < -0.4 is 5.73 Å². The molecule has 1 heterocycles. The number of nitrogens with two attached hydrogens (primary N) is 1. The van der Waals surface area contributed by atoms with Gasteiger partial charge in [-0.2, -0.15) is 0 Å². The summed E-state index contributed by atoms with van der Waals surface area (Å²) in [5, 5.41) is 0. The Bertz CT molecular complexity index is 215. The van der Waals surface area contributed by atoms with Gasteiger partial charge in [-0.05, 0) is 69.9 Å². The fourth-order valence-corrected chi connectivity index (χ4v) is 3.27. The maximum atomic E-state index is 5.71. The Morgan fingerprint density at radius 3 is 2.50 bits per heavy atom. The highest BCUT2D eigenvalue weighted by Gasteiger charge is 2.22. The second-order valence-electron chi connectivity index (χ2n) is 6.75. The summed E-state index contributed by atoms with van der Waals surface area (Å²) in [6.45, 7) is 12.9. The van der Waals surface area contributed by atoms with Crippen LogP contribution in [-0.4, -0.2) is 30.6 Å². The van der Waals surface area contributed by atoms with E-state index in [-0.39, 0.29) is 0 Å². The molecule has 18 heavy (non-hydrogen) atoms. The molecule has 0 aromatic carbocycles. The number of piperidine rings is 1. The molecule has 1 aliphatic rings. The van der Waals surface area contributed by atoms with Gasteiger partial charge in [0.2, 0.25) is 0 Å². The van der Waals surface area contributed by atoms with Gasteiger partial charge in [0.25, 0.3) is 0 Å². The first-order chi connectivity index (χ1) is 8.54. The maximum Gasteiger partial charge on any atom is 0.00671 e. The van der Waals surface area contributed by atoms with E-state index < -0.39 is 0 Å². The quantitative estimate of drug-likeness (QED) is 0.753. The van der Waals surface area contributed by atoms with Crippen LogP contribution >= 0.6 is 0 Å². The highest BCUT2D eigenvalue weighted by atomic mass is 15.2. The zero-order valence-electron chi connectivity index (χ0n) is 13.0. The van der Waals surface area contributed by atoms with Crippen molar-refractivity contribution in [1.29, 1.82) is 0 Å². The summed E-state index contributed by atoms with van der Waals surface area (Å²) in [6, 6.07) is 0.799. The summed E-state index contributed by atoms with van der Waals surface area (Å²) in [6.07, 6.45) is 6.70. The SMILES string of the molecule is CC1CCC(C)N(CCCC(CCN)C(C)C)C1. The minimum Gasteiger partial charge on any atom is -0.330 e. The topological polar surface area (TPSA) is 29.3 Å². The average Bonchev–Trinajstić information content (AvgIpc) is 2.32. The molecule has 0 aromatic heterocycles. The third kappa shape index (κ3) is 5.27. The lowest BCUT2D eigenvalue weighted by atomic mass is 9.88. The van der Waals surface area contributed by atoms with Crippen molar-refractivity contribution in [3.8, 4) is 0 Å². The highest BCUT2D eigenvalue weighted by Crippen LogP contribution is 2.24. The molecule has 3 unspecified atom stereocenters. The van der Waals surface area contributed by atoms with Crippen LogP contribution in [0.15, 0.2) is 0 Å². The van der Waals surface area contributed by atoms with Crippen LogP contribution in [0, 0.1) is 17.8 Å². The summed E-state index contributed by atoms with van der Waals surface area (Å²) >= 11 is 0. The lowest BCUT2D eigenvalue weighted by Gasteiger charge is -2.37. The monoisotopic (exact) mass is 254 g/mol. The van der Waals surface area contributed by atoms with Crippen LogP contribution in [0.5, 0.6) is 0 Å². The van der Waals surface area contributed by atoms with E-state index in [0.717, 1.165) is 30.3 Å². The molecule has 0 amide bonds. The summed E-state index contributed by atoms with van der Waals surface area (Å²) in [5.74, 6) is 2.50. The molecule has 1 fully saturated rings. The molecule has 2 N–H and O–H groups in total. The molecule has 0 radical (unpaired) electrons. The third-order valence-electron chi connectivity index (χ3n) is 4.75. The summed E-state index contributed by atoms with van der Waals surface area (Å²) < 4.78 is 0. The molecule has 0 aromatic rings. The first-order valence-corrected chi connectivity index (χ1v) is 7.98. The minimum atomic E-state index is 0.784. The van der Waals surface area contributed by atoms with Crippen molar-refractivity contribution in [2.75, 3.05) is 19.6 Å². The number of nitrogens with zero attached hydrogens (tertiary/aromatic N) is 1. The van der Waals surface area contributed by atoms with Crippen LogP contribution in [0.3, 0.4) is 0 Å². The van der Waals surface area contributed by atoms with E-state index in [1.54, 1.807) is 0 Å². The van der Waals surface area contributed by atoms with Gasteiger partial charge < -0.3 is 10.6 Å². The number of hydrogen-bond donors (Lipinski definition) is 1. The average molecular weight is 254 g/mol. The van der Waals surface area contributed by atoms with Crippen LogP contribution in [0.1, 0.15) is 59.8 Å². The van der Waals surface area contributed by atoms with E-state index in [2.05, 4.69) is 32.6 Å². The van der Waals surface area contributed by atoms with Gasteiger partial charge in [-0.1, -0.05) is 20.8 Å². The van der Waals surface area contributed by atoms with Gasteiger partial charge in [0.05, 0.1) is 0 Å². The van der Waals surface area contributed by atoms with Crippen LogP contribution in [0.25, 0.3) is 0 Å². The molecule has 1 rings (SSSR count). The molecule has 1 saturated heterocycles. The molecule has 108 valence electrons. The fourth-order valence-electron chi connectivity index (χ4n) is 3.27. The van der Waals surface area contributed by atoms with Crippen molar-refractivity contribution < 1.29 is 0 Å². The molecule has 1 aliphatic heterocycles. The van der Waals surface area contributed by atoms with Crippen molar-refractivity contribution in [3.05, 3.63) is 0 Å². The number of hydrogen-bond acceptors (Lipinski definition) is 2. The molecule has 0 aliphatic carbocycles. The largest absolute Gasteiger partial charge is 0.330 e. The first-order valence-electron chi connectivity index (χ1n) is 7.98. The second-order valence-corrected chi connectivity index (χ2v) is 6.75. The number of rotatable bonds is 7. The van der Waals surface area contributed by atoms with Crippen molar-refractivity contribution in [2.45, 2.75) is 65.8 Å². The Morgan fingerprint density at radius 1 is 1.17 bits per heavy atom. The fraction of sp³-hybridized carbons (Fsp3) is 1.00. The van der Waals surface area contributed by atoms with E-state index in [0.29, 0.717) is 0 Å². The lowest BCUT2D eigenvalue weighted by Crippen LogP contribution is -2.41. The molecule has 0 bridgehead atoms. The molecule has 2 nitrogen and oxygen atoms in total. The smallest absolute Gasteiger partial charge is 0.00671 e. The van der Waals surface area contributed by atoms with E-state index in [9.17, 15) is 0 Å². The van der Waals surface area contributed by atoms with Gasteiger partial charge in [-0.15, -0.1) is 0 Å². The molecule has 2 heteroatoms. The van der Waals surface area contributed by atoms with Crippen molar-refractivity contribution in [1.82, 2.24) is 4.90 Å². The Morgan fingerprint density at radius 2 is 1.89 bits per heavy atom. The minimum absolute atomic E-state index is 0.784. The van der Waals surface area contributed by atoms with E-state index in [1.807, 2.05) is 0 Å². The highest BCUT2D eigenvalue weighted by molar-refractivity contribution is 4.77. The predicted octanol–water partition coefficient (Wildman–Crippen LogP) is 3.51. The van der Waals surface area contributed by atoms with E-state index in [1.165, 1.54) is 45.2 Å². The summed E-state index contributed by atoms with van der Waals surface area (Å²) in [4.78, 5) is 2.70. The zero-order valence-corrected chi connectivity index (χ0v) is 13.0. The Hall–Kier alpha value is -0.0800. The van der Waals surface area contributed by atoms with Crippen molar-refractivity contribution >= 4 is 0 Å². The first kappa shape index (κ1) is 16.0. The van der Waals surface area contributed by atoms with Crippen LogP contribution in [0.4, 0.5) is 0 Å². The van der Waals surface area contributed by atoms with Gasteiger partial charge in [-0.3, -0.25) is 0 Å². The van der Waals surface area contributed by atoms with Crippen LogP contribution in [0.2, 0.25) is 0 Å². The normalized spacial score (nSPS) is 27.7. The Kier molecular flexibility index (Phi) is 7.25. The molecule has 3 atom stereocenters. The molecular formula is C16H34N2. The molecule has 0 saturated carbocycles. The maximum absolute atomic E-state index is 5.71. The Labute approximate surface area is 114 Å². The van der Waals surface area contributed by atoms with Crippen LogP contribution in [-0.2, 0) is 0 Å². The molecule has 0 spiro atoms. The van der Waals surface area contributed by atoms with Gasteiger partial charge in [0, 0.05) is 12.6 Å². The van der Waals surface area contributed by atoms with Gasteiger partial charge in [0.1, 0.15) is 0 Å². The van der Waals surface area contributed by atoms with Gasteiger partial charge in [-0.25, -0.2) is 0 Å².